The van der Waals surface area contributed by atoms with E-state index < -0.39 is 18.2 Å². The van der Waals surface area contributed by atoms with Crippen molar-refractivity contribution in [2.24, 2.45) is 0 Å². The largest absolute Gasteiger partial charge is 0.466 e. The highest BCUT2D eigenvalue weighted by Gasteiger charge is 2.27. The summed E-state index contributed by atoms with van der Waals surface area (Å²) in [6.07, 6.45) is 0.355. The molecule has 0 spiro atoms. The fourth-order valence-corrected chi connectivity index (χ4v) is 2.22. The van der Waals surface area contributed by atoms with Gasteiger partial charge < -0.3 is 9.47 Å². The summed E-state index contributed by atoms with van der Waals surface area (Å²) in [5, 5.41) is 3.17. The van der Waals surface area contributed by atoms with Crippen LogP contribution in [0.15, 0.2) is 29.8 Å². The minimum Gasteiger partial charge on any atom is -0.466 e. The van der Waals surface area contributed by atoms with Crippen LogP contribution in [0.1, 0.15) is 20.3 Å². The Balaban J connectivity index is 2.85. The predicted molar refractivity (Wildman–Crippen MR) is 86.4 cm³/mol. The smallest absolute Gasteiger partial charge is 0.412 e. The molecule has 0 aliphatic heterocycles. The zero-order valence-corrected chi connectivity index (χ0v) is 14.0. The summed E-state index contributed by atoms with van der Waals surface area (Å²) < 4.78 is 9.81. The van der Waals surface area contributed by atoms with E-state index in [0.29, 0.717) is 22.7 Å². The molecular weight excluding hydrogens is 329 g/mol. The van der Waals surface area contributed by atoms with Gasteiger partial charge in [0.05, 0.1) is 17.8 Å². The van der Waals surface area contributed by atoms with Crippen LogP contribution in [0.25, 0.3) is 0 Å². The minimum absolute atomic E-state index is 0.265. The van der Waals surface area contributed by atoms with E-state index in [4.69, 9.17) is 27.9 Å². The van der Waals surface area contributed by atoms with E-state index in [0.717, 1.165) is 0 Å². The number of methoxy groups -OCH3 is 1. The molecule has 1 atom stereocenters. The second-order valence-corrected chi connectivity index (χ2v) is 5.12. The van der Waals surface area contributed by atoms with Crippen molar-refractivity contribution in [1.29, 1.82) is 0 Å². The molecule has 22 heavy (non-hydrogen) atoms. The third-order valence-electron chi connectivity index (χ3n) is 2.92. The van der Waals surface area contributed by atoms with E-state index in [9.17, 15) is 9.59 Å². The van der Waals surface area contributed by atoms with Crippen molar-refractivity contribution in [2.45, 2.75) is 26.4 Å². The second-order valence-electron chi connectivity index (χ2n) is 4.27. The van der Waals surface area contributed by atoms with Crippen LogP contribution in [0.2, 0.25) is 10.0 Å². The third-order valence-corrected chi connectivity index (χ3v) is 3.47. The molecule has 1 N–H and O–H groups in total. The molecule has 1 amide bonds. The first-order valence-corrected chi connectivity index (χ1v) is 7.34. The SMILES string of the molecule is C/C=C(\CC)C(OC(=O)Nc1ccc(Cl)cc1Cl)C(=O)OC. The number of halogens is 2. The fourth-order valence-electron chi connectivity index (χ4n) is 1.76. The molecule has 120 valence electrons. The van der Waals surface area contributed by atoms with Crippen LogP contribution < -0.4 is 5.32 Å². The molecule has 1 unspecified atom stereocenters. The average Bonchev–Trinajstić information content (AvgIpc) is 2.49. The Bertz CT molecular complexity index is 587. The van der Waals surface area contributed by atoms with Gasteiger partial charge in [-0.3, -0.25) is 5.32 Å². The lowest BCUT2D eigenvalue weighted by Gasteiger charge is -2.18. The van der Waals surface area contributed by atoms with Crippen LogP contribution in [0.3, 0.4) is 0 Å². The Morgan fingerprint density at radius 3 is 2.55 bits per heavy atom. The lowest BCUT2D eigenvalue weighted by Crippen LogP contribution is -2.32. The van der Waals surface area contributed by atoms with Crippen molar-refractivity contribution < 1.29 is 19.1 Å². The maximum atomic E-state index is 12.0. The van der Waals surface area contributed by atoms with Crippen molar-refractivity contribution >= 4 is 41.0 Å². The molecule has 0 fully saturated rings. The number of anilines is 1. The highest BCUT2D eigenvalue weighted by atomic mass is 35.5. The van der Waals surface area contributed by atoms with Gasteiger partial charge in [0.25, 0.3) is 0 Å². The Hall–Kier alpha value is -1.72. The van der Waals surface area contributed by atoms with Gasteiger partial charge in [-0.1, -0.05) is 36.2 Å². The first-order valence-electron chi connectivity index (χ1n) is 6.58. The monoisotopic (exact) mass is 345 g/mol. The molecular formula is C15H17Cl2NO4. The fraction of sp³-hybridized carbons (Fsp3) is 0.333. The lowest BCUT2D eigenvalue weighted by molar-refractivity contribution is -0.148. The molecule has 0 bridgehead atoms. The number of rotatable bonds is 5. The zero-order chi connectivity index (χ0) is 16.7. The topological polar surface area (TPSA) is 64.6 Å². The van der Waals surface area contributed by atoms with Gasteiger partial charge >= 0.3 is 12.1 Å². The number of ether oxygens (including phenoxy) is 2. The molecule has 7 heteroatoms. The van der Waals surface area contributed by atoms with Crippen LogP contribution >= 0.6 is 23.2 Å². The molecule has 5 nitrogen and oxygen atoms in total. The number of amides is 1. The highest BCUT2D eigenvalue weighted by molar-refractivity contribution is 6.36. The van der Waals surface area contributed by atoms with Crippen molar-refractivity contribution in [3.8, 4) is 0 Å². The van der Waals surface area contributed by atoms with Crippen molar-refractivity contribution in [2.75, 3.05) is 12.4 Å². The van der Waals surface area contributed by atoms with Crippen molar-refractivity contribution in [1.82, 2.24) is 0 Å². The quantitative estimate of drug-likeness (QED) is 0.632. The molecule has 1 aromatic carbocycles. The van der Waals surface area contributed by atoms with Gasteiger partial charge in [-0.15, -0.1) is 0 Å². The van der Waals surface area contributed by atoms with E-state index in [1.165, 1.54) is 19.2 Å². The highest BCUT2D eigenvalue weighted by Crippen LogP contribution is 2.25. The maximum absolute atomic E-state index is 12.0. The number of carbonyl (C=O) groups excluding carboxylic acids is 2. The van der Waals surface area contributed by atoms with Gasteiger partial charge in [0, 0.05) is 5.02 Å². The van der Waals surface area contributed by atoms with E-state index >= 15 is 0 Å². The standard InChI is InChI=1S/C15H17Cl2NO4/c1-4-9(5-2)13(14(19)21-3)22-15(20)18-12-7-6-10(16)8-11(12)17/h4,6-8,13H,5H2,1-3H3,(H,18,20)/b9-4+. The number of nitrogens with one attached hydrogen (secondary N) is 1. The molecule has 0 saturated carbocycles. The Morgan fingerprint density at radius 2 is 2.05 bits per heavy atom. The van der Waals surface area contributed by atoms with E-state index in [-0.39, 0.29) is 5.02 Å². The van der Waals surface area contributed by atoms with Crippen LogP contribution in [0.5, 0.6) is 0 Å². The number of carbonyl (C=O) groups is 2. The Morgan fingerprint density at radius 1 is 1.36 bits per heavy atom. The molecule has 0 aliphatic carbocycles. The summed E-state index contributed by atoms with van der Waals surface area (Å²) in [5.74, 6) is -0.646. The van der Waals surface area contributed by atoms with Crippen LogP contribution in [-0.2, 0) is 14.3 Å². The first-order chi connectivity index (χ1) is 10.4. The summed E-state index contributed by atoms with van der Waals surface area (Å²) in [7, 11) is 1.23. The minimum atomic E-state index is -1.09. The number of hydrogen-bond donors (Lipinski definition) is 1. The van der Waals surface area contributed by atoms with Crippen molar-refractivity contribution in [3.63, 3.8) is 0 Å². The summed E-state index contributed by atoms with van der Waals surface area (Å²) in [4.78, 5) is 23.7. The third kappa shape index (κ3) is 4.93. The van der Waals surface area contributed by atoms with Crippen LogP contribution in [0.4, 0.5) is 10.5 Å². The number of allylic oxidation sites excluding steroid dienone is 1. The van der Waals surface area contributed by atoms with Gasteiger partial charge in [-0.05, 0) is 37.1 Å². The van der Waals surface area contributed by atoms with Gasteiger partial charge in [-0.25, -0.2) is 9.59 Å². The van der Waals surface area contributed by atoms with Crippen LogP contribution in [-0.4, -0.2) is 25.3 Å². The van der Waals surface area contributed by atoms with Gasteiger partial charge in [-0.2, -0.15) is 0 Å². The summed E-state index contributed by atoms with van der Waals surface area (Å²) >= 11 is 11.7. The van der Waals surface area contributed by atoms with Crippen molar-refractivity contribution in [3.05, 3.63) is 39.9 Å². The zero-order valence-electron chi connectivity index (χ0n) is 12.5. The molecule has 0 radical (unpaired) electrons. The molecule has 0 aromatic heterocycles. The van der Waals surface area contributed by atoms with E-state index in [1.807, 2.05) is 6.92 Å². The molecule has 0 heterocycles. The van der Waals surface area contributed by atoms with E-state index in [2.05, 4.69) is 10.1 Å². The van der Waals surface area contributed by atoms with E-state index in [1.54, 1.807) is 19.1 Å². The normalized spacial score (nSPS) is 12.5. The number of esters is 1. The molecule has 0 aliphatic rings. The molecule has 1 rings (SSSR count). The average molecular weight is 346 g/mol. The molecule has 0 saturated heterocycles. The predicted octanol–water partition coefficient (Wildman–Crippen LogP) is 4.44. The number of hydrogen-bond acceptors (Lipinski definition) is 4. The Kier molecular flexibility index (Phi) is 7.21. The van der Waals surface area contributed by atoms with Gasteiger partial charge in [0.15, 0.2) is 0 Å². The maximum Gasteiger partial charge on any atom is 0.412 e. The van der Waals surface area contributed by atoms with Gasteiger partial charge in [0.2, 0.25) is 6.10 Å². The summed E-state index contributed by atoms with van der Waals surface area (Å²) in [5.41, 5.74) is 0.974. The number of benzene rings is 1. The van der Waals surface area contributed by atoms with Crippen LogP contribution in [0, 0.1) is 0 Å². The first kappa shape index (κ1) is 18.3. The Labute approximate surface area is 139 Å². The van der Waals surface area contributed by atoms with Gasteiger partial charge in [0.1, 0.15) is 0 Å². The summed E-state index contributed by atoms with van der Waals surface area (Å²) in [6, 6.07) is 4.60. The lowest BCUT2D eigenvalue weighted by atomic mass is 10.1. The second kappa shape index (κ2) is 8.66. The summed E-state index contributed by atoms with van der Waals surface area (Å²) in [6.45, 7) is 3.61. The molecule has 1 aromatic rings.